The summed E-state index contributed by atoms with van der Waals surface area (Å²) in [5.41, 5.74) is 0.350. The quantitative estimate of drug-likeness (QED) is 0.629. The fourth-order valence-corrected chi connectivity index (χ4v) is 1.78. The van der Waals surface area contributed by atoms with Crippen LogP contribution in [0.25, 0.3) is 0 Å². The van der Waals surface area contributed by atoms with Crippen molar-refractivity contribution in [3.63, 3.8) is 0 Å². The molecule has 0 spiro atoms. The van der Waals surface area contributed by atoms with Crippen LogP contribution in [-0.4, -0.2) is 22.2 Å². The van der Waals surface area contributed by atoms with Gasteiger partial charge in [-0.2, -0.15) is 0 Å². The third-order valence-electron chi connectivity index (χ3n) is 2.25. The maximum Gasteiger partial charge on any atom is 0.293 e. The van der Waals surface area contributed by atoms with Gasteiger partial charge in [0.05, 0.1) is 11.0 Å². The SMILES string of the molecule is CC(O)CC(C)Nc1ccc(Cl)cc1[N+](=O)[O-]. The molecule has 2 unspecified atom stereocenters. The minimum Gasteiger partial charge on any atom is -0.393 e. The molecule has 2 N–H and O–H groups in total. The molecule has 0 saturated carbocycles. The fraction of sp³-hybridized carbons (Fsp3) is 0.455. The molecule has 0 heterocycles. The zero-order chi connectivity index (χ0) is 13.0. The smallest absolute Gasteiger partial charge is 0.293 e. The molecule has 0 aromatic heterocycles. The maximum absolute atomic E-state index is 10.8. The van der Waals surface area contributed by atoms with Crippen LogP contribution >= 0.6 is 11.6 Å². The highest BCUT2D eigenvalue weighted by atomic mass is 35.5. The third-order valence-corrected chi connectivity index (χ3v) is 2.49. The molecule has 0 aliphatic heterocycles. The van der Waals surface area contributed by atoms with E-state index >= 15 is 0 Å². The lowest BCUT2D eigenvalue weighted by molar-refractivity contribution is -0.384. The lowest BCUT2D eigenvalue weighted by Gasteiger charge is -2.16. The van der Waals surface area contributed by atoms with E-state index in [1.54, 1.807) is 19.1 Å². The van der Waals surface area contributed by atoms with Crippen molar-refractivity contribution in [1.29, 1.82) is 0 Å². The van der Waals surface area contributed by atoms with Crippen molar-refractivity contribution in [1.82, 2.24) is 0 Å². The predicted molar refractivity (Wildman–Crippen MR) is 67.5 cm³/mol. The van der Waals surface area contributed by atoms with Gasteiger partial charge < -0.3 is 10.4 Å². The Labute approximate surface area is 105 Å². The highest BCUT2D eigenvalue weighted by Gasteiger charge is 2.16. The van der Waals surface area contributed by atoms with Gasteiger partial charge >= 0.3 is 0 Å². The average molecular weight is 259 g/mol. The molecule has 5 nitrogen and oxygen atoms in total. The molecule has 94 valence electrons. The molecule has 17 heavy (non-hydrogen) atoms. The zero-order valence-electron chi connectivity index (χ0n) is 9.68. The van der Waals surface area contributed by atoms with Gasteiger partial charge in [0, 0.05) is 17.1 Å². The van der Waals surface area contributed by atoms with E-state index in [9.17, 15) is 15.2 Å². The van der Waals surface area contributed by atoms with Crippen LogP contribution in [0, 0.1) is 10.1 Å². The summed E-state index contributed by atoms with van der Waals surface area (Å²) in [6, 6.07) is 4.40. The van der Waals surface area contributed by atoms with E-state index in [-0.39, 0.29) is 11.7 Å². The number of benzene rings is 1. The number of nitro benzene ring substituents is 1. The number of hydrogen-bond acceptors (Lipinski definition) is 4. The first kappa shape index (κ1) is 13.7. The summed E-state index contributed by atoms with van der Waals surface area (Å²) in [4.78, 5) is 10.4. The summed E-state index contributed by atoms with van der Waals surface area (Å²) in [7, 11) is 0. The number of nitrogens with zero attached hydrogens (tertiary/aromatic N) is 1. The van der Waals surface area contributed by atoms with Crippen molar-refractivity contribution in [2.24, 2.45) is 0 Å². The Bertz CT molecular complexity index is 410. The average Bonchev–Trinajstić information content (AvgIpc) is 2.19. The van der Waals surface area contributed by atoms with E-state index in [1.165, 1.54) is 6.07 Å². The number of nitrogens with one attached hydrogen (secondary N) is 1. The molecule has 1 aromatic rings. The summed E-state index contributed by atoms with van der Waals surface area (Å²) in [6.07, 6.45) is 0.0589. The summed E-state index contributed by atoms with van der Waals surface area (Å²) >= 11 is 5.71. The van der Waals surface area contributed by atoms with E-state index in [1.807, 2.05) is 6.92 Å². The largest absolute Gasteiger partial charge is 0.393 e. The Morgan fingerprint density at radius 3 is 2.71 bits per heavy atom. The van der Waals surface area contributed by atoms with Crippen molar-refractivity contribution in [3.05, 3.63) is 33.3 Å². The number of aliphatic hydroxyl groups is 1. The zero-order valence-corrected chi connectivity index (χ0v) is 10.4. The van der Waals surface area contributed by atoms with E-state index in [2.05, 4.69) is 5.32 Å². The van der Waals surface area contributed by atoms with Gasteiger partial charge in [0.15, 0.2) is 0 Å². The molecule has 6 heteroatoms. The number of aliphatic hydroxyl groups excluding tert-OH is 1. The monoisotopic (exact) mass is 258 g/mol. The fourth-order valence-electron chi connectivity index (χ4n) is 1.61. The number of nitro groups is 1. The molecular weight excluding hydrogens is 244 g/mol. The summed E-state index contributed by atoms with van der Waals surface area (Å²) in [5.74, 6) is 0. The summed E-state index contributed by atoms with van der Waals surface area (Å²) in [6.45, 7) is 3.53. The van der Waals surface area contributed by atoms with Crippen molar-refractivity contribution in [2.45, 2.75) is 32.4 Å². The van der Waals surface area contributed by atoms with Crippen LogP contribution in [0.3, 0.4) is 0 Å². The Hall–Kier alpha value is -1.33. The van der Waals surface area contributed by atoms with Gasteiger partial charge in [-0.25, -0.2) is 0 Å². The molecular formula is C11H15ClN2O3. The second-order valence-corrected chi connectivity index (χ2v) is 4.49. The van der Waals surface area contributed by atoms with E-state index in [4.69, 9.17) is 11.6 Å². The highest BCUT2D eigenvalue weighted by molar-refractivity contribution is 6.30. The van der Waals surface area contributed by atoms with Crippen LogP contribution in [-0.2, 0) is 0 Å². The van der Waals surface area contributed by atoms with Crippen molar-refractivity contribution in [3.8, 4) is 0 Å². The Morgan fingerprint density at radius 2 is 2.18 bits per heavy atom. The minimum atomic E-state index is -0.483. The maximum atomic E-state index is 10.8. The van der Waals surface area contributed by atoms with E-state index in [0.29, 0.717) is 17.1 Å². The number of anilines is 1. The molecule has 0 saturated heterocycles. The van der Waals surface area contributed by atoms with Gasteiger partial charge in [0.25, 0.3) is 5.69 Å². The third kappa shape index (κ3) is 4.20. The summed E-state index contributed by atoms with van der Waals surface area (Å²) in [5, 5.41) is 23.4. The standard InChI is InChI=1S/C11H15ClN2O3/c1-7(5-8(2)15)13-10-4-3-9(12)6-11(10)14(16)17/h3-4,6-8,13,15H,5H2,1-2H3. The second-order valence-electron chi connectivity index (χ2n) is 4.05. The molecule has 0 radical (unpaired) electrons. The first-order chi connectivity index (χ1) is 7.90. The van der Waals surface area contributed by atoms with Crippen LogP contribution in [0.4, 0.5) is 11.4 Å². The van der Waals surface area contributed by atoms with Crippen LogP contribution in [0.1, 0.15) is 20.3 Å². The minimum absolute atomic E-state index is 0.0602. The molecule has 0 aliphatic carbocycles. The van der Waals surface area contributed by atoms with Gasteiger partial charge in [0.1, 0.15) is 5.69 Å². The lowest BCUT2D eigenvalue weighted by Crippen LogP contribution is -2.21. The number of halogens is 1. The molecule has 0 amide bonds. The Kier molecular flexibility index (Phi) is 4.72. The molecule has 0 bridgehead atoms. The van der Waals surface area contributed by atoms with Gasteiger partial charge in [-0.1, -0.05) is 11.6 Å². The van der Waals surface area contributed by atoms with Crippen LogP contribution < -0.4 is 5.32 Å². The first-order valence-corrected chi connectivity index (χ1v) is 5.66. The van der Waals surface area contributed by atoms with Crippen molar-refractivity contribution in [2.75, 3.05) is 5.32 Å². The number of rotatable bonds is 5. The Balaban J connectivity index is 2.86. The highest BCUT2D eigenvalue weighted by Crippen LogP contribution is 2.28. The molecule has 0 aliphatic rings. The van der Waals surface area contributed by atoms with Gasteiger partial charge in [-0.15, -0.1) is 0 Å². The molecule has 1 rings (SSSR count). The van der Waals surface area contributed by atoms with Gasteiger partial charge in [-0.05, 0) is 32.4 Å². The molecule has 2 atom stereocenters. The van der Waals surface area contributed by atoms with Gasteiger partial charge in [0.2, 0.25) is 0 Å². The van der Waals surface area contributed by atoms with Crippen LogP contribution in [0.5, 0.6) is 0 Å². The van der Waals surface area contributed by atoms with Crippen molar-refractivity contribution >= 4 is 23.0 Å². The van der Waals surface area contributed by atoms with E-state index < -0.39 is 11.0 Å². The van der Waals surface area contributed by atoms with Crippen LogP contribution in [0.15, 0.2) is 18.2 Å². The van der Waals surface area contributed by atoms with E-state index in [0.717, 1.165) is 0 Å². The number of hydrogen-bond donors (Lipinski definition) is 2. The first-order valence-electron chi connectivity index (χ1n) is 5.28. The Morgan fingerprint density at radius 1 is 1.53 bits per heavy atom. The predicted octanol–water partition coefficient (Wildman–Crippen LogP) is 2.82. The normalized spacial score (nSPS) is 14.1. The van der Waals surface area contributed by atoms with Crippen molar-refractivity contribution < 1.29 is 10.0 Å². The lowest BCUT2D eigenvalue weighted by atomic mass is 10.1. The molecule has 0 fully saturated rings. The van der Waals surface area contributed by atoms with Gasteiger partial charge in [-0.3, -0.25) is 10.1 Å². The summed E-state index contributed by atoms with van der Waals surface area (Å²) < 4.78 is 0. The second kappa shape index (κ2) is 5.84. The van der Waals surface area contributed by atoms with Crippen LogP contribution in [0.2, 0.25) is 5.02 Å². The molecule has 1 aromatic carbocycles. The topological polar surface area (TPSA) is 75.4 Å².